The second kappa shape index (κ2) is 8.65. The predicted molar refractivity (Wildman–Crippen MR) is 124 cm³/mol. The molecule has 2 aromatic rings. The fourth-order valence-electron chi connectivity index (χ4n) is 4.45. The molecule has 2 aliphatic rings. The summed E-state index contributed by atoms with van der Waals surface area (Å²) >= 11 is 0. The van der Waals surface area contributed by atoms with E-state index in [9.17, 15) is 13.2 Å². The number of carbonyl (C=O) groups is 1. The Labute approximate surface area is 185 Å². The Bertz CT molecular complexity index is 1020. The molecule has 2 aromatic carbocycles. The highest BCUT2D eigenvalue weighted by molar-refractivity contribution is 7.92. The van der Waals surface area contributed by atoms with Gasteiger partial charge in [0.2, 0.25) is 5.91 Å². The lowest BCUT2D eigenvalue weighted by molar-refractivity contribution is -0.124. The number of carbonyl (C=O) groups excluding carboxylic acids is 1. The highest BCUT2D eigenvalue weighted by Gasteiger charge is 2.51. The van der Waals surface area contributed by atoms with E-state index >= 15 is 0 Å². The van der Waals surface area contributed by atoms with Gasteiger partial charge >= 0.3 is 0 Å². The summed E-state index contributed by atoms with van der Waals surface area (Å²) in [5.74, 6) is 0.472. The second-order valence-electron chi connectivity index (χ2n) is 9.30. The molecular formula is C25H32N2O3S. The second-order valence-corrected chi connectivity index (χ2v) is 11.0. The Hall–Kier alpha value is -2.34. The first kappa shape index (κ1) is 21.9. The zero-order valence-corrected chi connectivity index (χ0v) is 19.2. The maximum Gasteiger partial charge on any atom is 0.261 e. The first-order valence-corrected chi connectivity index (χ1v) is 12.8. The van der Waals surface area contributed by atoms with Gasteiger partial charge in [-0.1, -0.05) is 57.4 Å². The van der Waals surface area contributed by atoms with E-state index in [1.807, 2.05) is 24.3 Å². The van der Waals surface area contributed by atoms with Crippen LogP contribution in [-0.4, -0.2) is 20.4 Å². The van der Waals surface area contributed by atoms with Gasteiger partial charge in [-0.05, 0) is 67.0 Å². The van der Waals surface area contributed by atoms with Crippen molar-refractivity contribution in [2.24, 2.45) is 0 Å². The normalized spacial score (nSPS) is 18.5. The number of benzene rings is 2. The number of rotatable bonds is 7. The van der Waals surface area contributed by atoms with Crippen LogP contribution in [-0.2, 0) is 20.2 Å². The van der Waals surface area contributed by atoms with Gasteiger partial charge in [-0.3, -0.25) is 9.52 Å². The maximum absolute atomic E-state index is 12.9. The largest absolute Gasteiger partial charge is 0.353 e. The molecule has 0 radical (unpaired) electrons. The van der Waals surface area contributed by atoms with Crippen molar-refractivity contribution >= 4 is 21.6 Å². The number of sulfonamides is 1. The number of nitrogens with one attached hydrogen (secondary N) is 2. The molecule has 1 amide bonds. The summed E-state index contributed by atoms with van der Waals surface area (Å²) in [5, 5.41) is 3.26. The molecule has 6 heteroatoms. The van der Waals surface area contributed by atoms with Crippen molar-refractivity contribution in [1.29, 1.82) is 0 Å². The standard InChI is InChI=1S/C25H32N2O3S/c1-18(2)19-8-14-23(15-9-19)31(29,30)27-22-12-10-20(11-13-22)25(16-17-25)24(28)26-21-6-4-3-5-7-21/h8-15,18,21,27H,3-7,16-17H2,1-2H3,(H,26,28). The van der Waals surface area contributed by atoms with Gasteiger partial charge in [-0.25, -0.2) is 8.42 Å². The molecule has 0 atom stereocenters. The van der Waals surface area contributed by atoms with E-state index in [1.165, 1.54) is 19.3 Å². The van der Waals surface area contributed by atoms with Crippen LogP contribution in [0.2, 0.25) is 0 Å². The summed E-state index contributed by atoms with van der Waals surface area (Å²) in [5.41, 5.74) is 2.12. The lowest BCUT2D eigenvalue weighted by Crippen LogP contribution is -2.42. The Morgan fingerprint density at radius 2 is 1.55 bits per heavy atom. The summed E-state index contributed by atoms with van der Waals surface area (Å²) in [6.07, 6.45) is 7.47. The molecule has 0 heterocycles. The Balaban J connectivity index is 1.43. The molecule has 0 bridgehead atoms. The van der Waals surface area contributed by atoms with Gasteiger partial charge < -0.3 is 5.32 Å². The minimum atomic E-state index is -3.65. The van der Waals surface area contributed by atoms with E-state index < -0.39 is 15.4 Å². The van der Waals surface area contributed by atoms with E-state index in [-0.39, 0.29) is 10.8 Å². The van der Waals surface area contributed by atoms with Gasteiger partial charge in [-0.2, -0.15) is 0 Å². The number of hydrogen-bond donors (Lipinski definition) is 2. The predicted octanol–water partition coefficient (Wildman–Crippen LogP) is 5.09. The summed E-state index contributed by atoms with van der Waals surface area (Å²) < 4.78 is 28.1. The molecule has 0 saturated heterocycles. The molecular weight excluding hydrogens is 408 g/mol. The summed E-state index contributed by atoms with van der Waals surface area (Å²) in [7, 11) is -3.65. The zero-order valence-electron chi connectivity index (χ0n) is 18.4. The maximum atomic E-state index is 12.9. The van der Waals surface area contributed by atoms with Crippen LogP contribution in [0.15, 0.2) is 53.4 Å². The molecule has 166 valence electrons. The van der Waals surface area contributed by atoms with Gasteiger partial charge in [0, 0.05) is 11.7 Å². The Morgan fingerprint density at radius 3 is 2.10 bits per heavy atom. The van der Waals surface area contributed by atoms with Crippen LogP contribution in [0.3, 0.4) is 0 Å². The minimum Gasteiger partial charge on any atom is -0.353 e. The first-order chi connectivity index (χ1) is 14.8. The molecule has 0 aliphatic heterocycles. The number of hydrogen-bond acceptors (Lipinski definition) is 3. The zero-order chi connectivity index (χ0) is 22.1. The monoisotopic (exact) mass is 440 g/mol. The van der Waals surface area contributed by atoms with Crippen molar-refractivity contribution in [2.45, 2.75) is 81.1 Å². The molecule has 0 unspecified atom stereocenters. The van der Waals surface area contributed by atoms with Crippen molar-refractivity contribution in [3.8, 4) is 0 Å². The van der Waals surface area contributed by atoms with Crippen molar-refractivity contribution in [1.82, 2.24) is 5.32 Å². The Morgan fingerprint density at radius 1 is 0.935 bits per heavy atom. The molecule has 2 N–H and O–H groups in total. The summed E-state index contributed by atoms with van der Waals surface area (Å²) in [4.78, 5) is 13.2. The van der Waals surface area contributed by atoms with Gasteiger partial charge in [0.25, 0.3) is 10.0 Å². The third-order valence-corrected chi connectivity index (χ3v) is 8.07. The third-order valence-electron chi connectivity index (χ3n) is 6.67. The van der Waals surface area contributed by atoms with Gasteiger partial charge in [0.1, 0.15) is 0 Å². The smallest absolute Gasteiger partial charge is 0.261 e. The van der Waals surface area contributed by atoms with Crippen molar-refractivity contribution in [3.05, 3.63) is 59.7 Å². The van der Waals surface area contributed by atoms with E-state index in [4.69, 9.17) is 0 Å². The van der Waals surface area contributed by atoms with E-state index in [2.05, 4.69) is 23.9 Å². The fourth-order valence-corrected chi connectivity index (χ4v) is 5.50. The molecule has 0 spiro atoms. The fraction of sp³-hybridized carbons (Fsp3) is 0.480. The minimum absolute atomic E-state index is 0.123. The van der Waals surface area contributed by atoms with Gasteiger partial charge in [-0.15, -0.1) is 0 Å². The Kier molecular flexibility index (Phi) is 6.11. The summed E-state index contributed by atoms with van der Waals surface area (Å²) in [6, 6.07) is 14.6. The highest BCUT2D eigenvalue weighted by atomic mass is 32.2. The van der Waals surface area contributed by atoms with Crippen LogP contribution < -0.4 is 10.0 Å². The molecule has 0 aromatic heterocycles. The summed E-state index contributed by atoms with van der Waals surface area (Å²) in [6.45, 7) is 4.15. The molecule has 31 heavy (non-hydrogen) atoms. The van der Waals surface area contributed by atoms with Crippen LogP contribution >= 0.6 is 0 Å². The van der Waals surface area contributed by atoms with Crippen molar-refractivity contribution < 1.29 is 13.2 Å². The molecule has 2 saturated carbocycles. The van der Waals surface area contributed by atoms with Crippen LogP contribution in [0, 0.1) is 0 Å². The molecule has 2 aliphatic carbocycles. The van der Waals surface area contributed by atoms with Gasteiger partial charge in [0.15, 0.2) is 0 Å². The van der Waals surface area contributed by atoms with E-state index in [1.54, 1.807) is 24.3 Å². The van der Waals surface area contributed by atoms with Crippen molar-refractivity contribution in [3.63, 3.8) is 0 Å². The molecule has 4 rings (SSSR count). The topological polar surface area (TPSA) is 75.3 Å². The molecule has 2 fully saturated rings. The number of anilines is 1. The van der Waals surface area contributed by atoms with Crippen LogP contribution in [0.4, 0.5) is 5.69 Å². The third kappa shape index (κ3) is 4.79. The van der Waals surface area contributed by atoms with Crippen LogP contribution in [0.1, 0.15) is 75.8 Å². The highest BCUT2D eigenvalue weighted by Crippen LogP contribution is 2.49. The quantitative estimate of drug-likeness (QED) is 0.630. The first-order valence-electron chi connectivity index (χ1n) is 11.3. The lowest BCUT2D eigenvalue weighted by Gasteiger charge is -2.25. The average Bonchev–Trinajstić information content (AvgIpc) is 3.57. The van der Waals surface area contributed by atoms with E-state index in [0.717, 1.165) is 36.8 Å². The SMILES string of the molecule is CC(C)c1ccc(S(=O)(=O)Nc2ccc(C3(C(=O)NC4CCCCC4)CC3)cc2)cc1. The molecule has 5 nitrogen and oxygen atoms in total. The average molecular weight is 441 g/mol. The van der Waals surface area contributed by atoms with Crippen LogP contribution in [0.5, 0.6) is 0 Å². The number of amides is 1. The van der Waals surface area contributed by atoms with Crippen molar-refractivity contribution in [2.75, 3.05) is 4.72 Å². The lowest BCUT2D eigenvalue weighted by atomic mass is 9.91. The van der Waals surface area contributed by atoms with Gasteiger partial charge in [0.05, 0.1) is 10.3 Å². The van der Waals surface area contributed by atoms with E-state index in [0.29, 0.717) is 17.6 Å². The van der Waals surface area contributed by atoms with Crippen LogP contribution in [0.25, 0.3) is 0 Å².